The lowest BCUT2D eigenvalue weighted by Gasteiger charge is -2.65. The van der Waals surface area contributed by atoms with Crippen LogP contribution in [0, 0.1) is 46.3 Å². The van der Waals surface area contributed by atoms with Crippen LogP contribution < -0.4 is 0 Å². The van der Waals surface area contributed by atoms with E-state index in [0.717, 1.165) is 19.3 Å². The van der Waals surface area contributed by atoms with Crippen LogP contribution in [0.2, 0.25) is 0 Å². The summed E-state index contributed by atoms with van der Waals surface area (Å²) < 4.78 is 0. The van der Waals surface area contributed by atoms with Crippen molar-refractivity contribution in [1.82, 2.24) is 0 Å². The van der Waals surface area contributed by atoms with Gasteiger partial charge in [0.25, 0.3) is 0 Å². The molecule has 12 atom stereocenters. The average Bonchev–Trinajstić information content (AvgIpc) is 2.99. The van der Waals surface area contributed by atoms with Crippen molar-refractivity contribution in [3.63, 3.8) is 0 Å². The Morgan fingerprint density at radius 3 is 2.42 bits per heavy atom. The van der Waals surface area contributed by atoms with Gasteiger partial charge in [0.15, 0.2) is 0 Å². The molecule has 4 aliphatic carbocycles. The second-order valence-electron chi connectivity index (χ2n) is 12.6. The molecule has 4 rings (SSSR count). The standard InChI is InChI=1S/C27H44O6/c1-15(11-23(31)32)5-6-16(2)20-13-21(29)24-18-12-22(30)27(33)14-17(28)7-10-26(27,4)19(18)8-9-25(20,24)3/h5-6,15-22,24,28-30,33H,7-14H2,1-4H3,(H,31,32)/b6-5+/t15-,16-,17+,18?,19?,20-,21+,22-,24?,25-,26-,27+/m1/s1. The second-order valence-corrected chi connectivity index (χ2v) is 12.6. The number of hydrogen-bond acceptors (Lipinski definition) is 5. The first-order valence-corrected chi connectivity index (χ1v) is 13.0. The van der Waals surface area contributed by atoms with Gasteiger partial charge in [0.2, 0.25) is 0 Å². The Bertz CT molecular complexity index is 783. The van der Waals surface area contributed by atoms with Crippen LogP contribution in [0.3, 0.4) is 0 Å². The van der Waals surface area contributed by atoms with Crippen molar-refractivity contribution in [3.8, 4) is 0 Å². The Balaban J connectivity index is 1.58. The molecule has 6 heteroatoms. The lowest BCUT2D eigenvalue weighted by molar-refractivity contribution is -0.268. The molecule has 0 spiro atoms. The SMILES string of the molecule is C[C@H](/C=C/[C@@H](C)[C@H]1C[C@H](O)C2C3C[C@@H](O)[C@@]4(O)C[C@@H](O)CC[C@]4(C)C3CC[C@@]21C)CC(=O)O. The molecule has 0 aromatic heterocycles. The fourth-order valence-electron chi connectivity index (χ4n) is 9.03. The minimum Gasteiger partial charge on any atom is -0.481 e. The molecule has 33 heavy (non-hydrogen) atoms. The summed E-state index contributed by atoms with van der Waals surface area (Å²) in [4.78, 5) is 11.0. The highest BCUT2D eigenvalue weighted by molar-refractivity contribution is 5.67. The number of carbonyl (C=O) groups is 1. The summed E-state index contributed by atoms with van der Waals surface area (Å²) >= 11 is 0. The van der Waals surface area contributed by atoms with E-state index in [0.29, 0.717) is 25.2 Å². The fraction of sp³-hybridized carbons (Fsp3) is 0.889. The van der Waals surface area contributed by atoms with Crippen molar-refractivity contribution in [2.75, 3.05) is 0 Å². The van der Waals surface area contributed by atoms with Gasteiger partial charge in [0, 0.05) is 11.8 Å². The summed E-state index contributed by atoms with van der Waals surface area (Å²) in [5, 5.41) is 53.4. The van der Waals surface area contributed by atoms with Crippen LogP contribution in [0.4, 0.5) is 0 Å². The summed E-state index contributed by atoms with van der Waals surface area (Å²) in [6.45, 7) is 8.51. The Kier molecular flexibility index (Phi) is 6.57. The summed E-state index contributed by atoms with van der Waals surface area (Å²) in [6, 6.07) is 0. The molecule has 0 amide bonds. The van der Waals surface area contributed by atoms with Gasteiger partial charge < -0.3 is 25.5 Å². The second kappa shape index (κ2) is 8.61. The predicted molar refractivity (Wildman–Crippen MR) is 125 cm³/mol. The van der Waals surface area contributed by atoms with Gasteiger partial charge in [0.05, 0.1) is 30.3 Å². The molecule has 4 fully saturated rings. The lowest BCUT2D eigenvalue weighted by Crippen LogP contribution is -2.69. The monoisotopic (exact) mass is 464 g/mol. The van der Waals surface area contributed by atoms with E-state index in [-0.39, 0.29) is 47.8 Å². The highest BCUT2D eigenvalue weighted by Gasteiger charge is 2.68. The summed E-state index contributed by atoms with van der Waals surface area (Å²) in [7, 11) is 0. The van der Waals surface area contributed by atoms with Crippen molar-refractivity contribution in [2.45, 2.75) is 103 Å². The normalized spacial score (nSPS) is 51.5. The van der Waals surface area contributed by atoms with Crippen molar-refractivity contribution < 1.29 is 30.3 Å². The first-order valence-electron chi connectivity index (χ1n) is 13.0. The van der Waals surface area contributed by atoms with E-state index in [1.54, 1.807) is 0 Å². The molecule has 0 aromatic rings. The zero-order chi connectivity index (χ0) is 24.3. The van der Waals surface area contributed by atoms with Crippen molar-refractivity contribution in [2.24, 2.45) is 46.3 Å². The molecule has 4 aliphatic rings. The van der Waals surface area contributed by atoms with Crippen molar-refractivity contribution in [3.05, 3.63) is 12.2 Å². The van der Waals surface area contributed by atoms with E-state index in [9.17, 15) is 25.2 Å². The van der Waals surface area contributed by atoms with Gasteiger partial charge in [-0.1, -0.05) is 39.8 Å². The third-order valence-electron chi connectivity index (χ3n) is 10.8. The van der Waals surface area contributed by atoms with Gasteiger partial charge in [-0.15, -0.1) is 0 Å². The van der Waals surface area contributed by atoms with Crippen LogP contribution in [-0.4, -0.2) is 55.4 Å². The molecule has 188 valence electrons. The number of carboxylic acid groups (broad SMARTS) is 1. The largest absolute Gasteiger partial charge is 0.481 e. The van der Waals surface area contributed by atoms with E-state index in [1.165, 1.54) is 0 Å². The Hall–Kier alpha value is -0.950. The van der Waals surface area contributed by atoms with Crippen LogP contribution >= 0.6 is 0 Å². The number of carboxylic acids is 1. The number of fused-ring (bicyclic) bond motifs is 5. The van der Waals surface area contributed by atoms with Crippen LogP contribution in [0.15, 0.2) is 12.2 Å². The van der Waals surface area contributed by atoms with Crippen molar-refractivity contribution in [1.29, 1.82) is 0 Å². The quantitative estimate of drug-likeness (QED) is 0.398. The van der Waals surface area contributed by atoms with Gasteiger partial charge in [-0.25, -0.2) is 0 Å². The highest BCUT2D eigenvalue weighted by atomic mass is 16.4. The fourth-order valence-corrected chi connectivity index (χ4v) is 9.03. The van der Waals surface area contributed by atoms with Crippen LogP contribution in [-0.2, 0) is 4.79 Å². The molecule has 5 N–H and O–H groups in total. The van der Waals surface area contributed by atoms with Crippen molar-refractivity contribution >= 4 is 5.97 Å². The molecular formula is C27H44O6. The summed E-state index contributed by atoms with van der Waals surface area (Å²) in [5.74, 6) is 0.174. The summed E-state index contributed by atoms with van der Waals surface area (Å²) in [6.07, 6.45) is 7.11. The summed E-state index contributed by atoms with van der Waals surface area (Å²) in [5.41, 5.74) is -1.77. The van der Waals surface area contributed by atoms with Gasteiger partial charge in [-0.3, -0.25) is 4.79 Å². The van der Waals surface area contributed by atoms with Crippen LogP contribution in [0.5, 0.6) is 0 Å². The zero-order valence-corrected chi connectivity index (χ0v) is 20.7. The highest BCUT2D eigenvalue weighted by Crippen LogP contribution is 2.69. The number of hydrogen-bond donors (Lipinski definition) is 5. The molecule has 0 aliphatic heterocycles. The van der Waals surface area contributed by atoms with E-state index < -0.39 is 35.3 Å². The molecule has 6 nitrogen and oxygen atoms in total. The average molecular weight is 465 g/mol. The third-order valence-corrected chi connectivity index (χ3v) is 10.8. The van der Waals surface area contributed by atoms with Gasteiger partial charge in [-0.2, -0.15) is 0 Å². The Morgan fingerprint density at radius 1 is 1.06 bits per heavy atom. The maximum atomic E-state index is 11.6. The minimum atomic E-state index is -1.27. The topological polar surface area (TPSA) is 118 Å². The maximum absolute atomic E-state index is 11.6. The van der Waals surface area contributed by atoms with Crippen LogP contribution in [0.25, 0.3) is 0 Å². The number of aliphatic hydroxyl groups is 4. The number of allylic oxidation sites excluding steroid dienone is 2. The first-order chi connectivity index (χ1) is 15.3. The molecule has 3 unspecified atom stereocenters. The molecule has 4 saturated carbocycles. The van der Waals surface area contributed by atoms with E-state index in [1.807, 2.05) is 13.0 Å². The molecular weight excluding hydrogens is 420 g/mol. The van der Waals surface area contributed by atoms with E-state index in [4.69, 9.17) is 5.11 Å². The minimum absolute atomic E-state index is 0.0246. The van der Waals surface area contributed by atoms with Gasteiger partial charge >= 0.3 is 5.97 Å². The maximum Gasteiger partial charge on any atom is 0.303 e. The molecule has 0 radical (unpaired) electrons. The number of rotatable bonds is 5. The zero-order valence-electron chi connectivity index (χ0n) is 20.7. The lowest BCUT2D eigenvalue weighted by atomic mass is 9.42. The Morgan fingerprint density at radius 2 is 1.76 bits per heavy atom. The van der Waals surface area contributed by atoms with E-state index >= 15 is 0 Å². The van der Waals surface area contributed by atoms with Gasteiger partial charge in [0.1, 0.15) is 0 Å². The molecule has 0 bridgehead atoms. The molecule has 0 heterocycles. The van der Waals surface area contributed by atoms with E-state index in [2.05, 4.69) is 26.8 Å². The third kappa shape index (κ3) is 3.89. The smallest absolute Gasteiger partial charge is 0.303 e. The van der Waals surface area contributed by atoms with Gasteiger partial charge in [-0.05, 0) is 79.4 Å². The predicted octanol–water partition coefficient (Wildman–Crippen LogP) is 3.37. The number of aliphatic hydroxyl groups excluding tert-OH is 3. The Labute approximate surface area is 198 Å². The number of aliphatic carboxylic acids is 1. The molecule has 0 saturated heterocycles. The van der Waals surface area contributed by atoms with Crippen LogP contribution in [0.1, 0.15) is 79.1 Å². The first kappa shape index (κ1) is 25.2. The molecule has 0 aromatic carbocycles.